The lowest BCUT2D eigenvalue weighted by Gasteiger charge is -2.30. The summed E-state index contributed by atoms with van der Waals surface area (Å²) >= 11 is 1.67. The van der Waals surface area contributed by atoms with E-state index in [0.29, 0.717) is 18.6 Å². The number of aryl methyl sites for hydroxylation is 1. The second-order valence-corrected chi connectivity index (χ2v) is 7.20. The average molecular weight is 467 g/mol. The summed E-state index contributed by atoms with van der Waals surface area (Å²) in [6, 6.07) is 1.18. The number of thiazole rings is 1. The van der Waals surface area contributed by atoms with Crippen molar-refractivity contribution in [2.24, 2.45) is 4.99 Å². The third kappa shape index (κ3) is 8.62. The van der Waals surface area contributed by atoms with Crippen LogP contribution < -0.4 is 10.6 Å². The predicted octanol–water partition coefficient (Wildman–Crippen LogP) is 3.63. The van der Waals surface area contributed by atoms with Gasteiger partial charge in [0.25, 0.3) is 0 Å². The summed E-state index contributed by atoms with van der Waals surface area (Å²) in [5, 5.41) is 6.74. The van der Waals surface area contributed by atoms with Gasteiger partial charge in [-0.3, -0.25) is 4.90 Å². The molecule has 5 nitrogen and oxygen atoms in total. The Kier molecular flexibility index (Phi) is 12.7. The SMILES string of the molecule is CCNC(=NCc1scnc1C)NCCCN(C(C)C)C(C)C.I. The van der Waals surface area contributed by atoms with Gasteiger partial charge >= 0.3 is 0 Å². The number of hydrogen-bond acceptors (Lipinski definition) is 4. The van der Waals surface area contributed by atoms with Crippen LogP contribution in [0.2, 0.25) is 0 Å². The van der Waals surface area contributed by atoms with Gasteiger partial charge in [-0.15, -0.1) is 35.3 Å². The zero-order valence-corrected chi connectivity index (χ0v) is 19.1. The second kappa shape index (κ2) is 12.9. The van der Waals surface area contributed by atoms with E-state index >= 15 is 0 Å². The molecule has 0 atom stereocenters. The monoisotopic (exact) mass is 467 g/mol. The normalized spacial score (nSPS) is 12.0. The Bertz CT molecular complexity index is 465. The highest BCUT2D eigenvalue weighted by Gasteiger charge is 2.12. The summed E-state index contributed by atoms with van der Waals surface area (Å²) in [5.41, 5.74) is 2.96. The molecule has 0 saturated heterocycles. The number of guanidine groups is 1. The molecule has 0 amide bonds. The fourth-order valence-electron chi connectivity index (χ4n) is 2.55. The van der Waals surface area contributed by atoms with Crippen molar-refractivity contribution in [3.8, 4) is 0 Å². The maximum atomic E-state index is 4.65. The maximum Gasteiger partial charge on any atom is 0.191 e. The summed E-state index contributed by atoms with van der Waals surface area (Å²) in [6.45, 7) is 16.8. The van der Waals surface area contributed by atoms with Crippen LogP contribution in [0.5, 0.6) is 0 Å². The van der Waals surface area contributed by atoms with Crippen molar-refractivity contribution in [1.29, 1.82) is 0 Å². The van der Waals surface area contributed by atoms with E-state index in [0.717, 1.165) is 37.7 Å². The smallest absolute Gasteiger partial charge is 0.191 e. The number of nitrogens with zero attached hydrogens (tertiary/aromatic N) is 3. The zero-order valence-electron chi connectivity index (χ0n) is 15.9. The molecule has 0 aliphatic carbocycles. The lowest BCUT2D eigenvalue weighted by molar-refractivity contribution is 0.173. The minimum Gasteiger partial charge on any atom is -0.357 e. The van der Waals surface area contributed by atoms with Gasteiger partial charge in [0.1, 0.15) is 0 Å². The van der Waals surface area contributed by atoms with E-state index in [-0.39, 0.29) is 24.0 Å². The minimum atomic E-state index is 0. The Morgan fingerprint density at radius 2 is 1.92 bits per heavy atom. The van der Waals surface area contributed by atoms with Crippen molar-refractivity contribution in [3.63, 3.8) is 0 Å². The van der Waals surface area contributed by atoms with Gasteiger partial charge in [-0.1, -0.05) is 0 Å². The number of hydrogen-bond donors (Lipinski definition) is 2. The molecule has 24 heavy (non-hydrogen) atoms. The first-order valence-corrected chi connectivity index (χ1v) is 9.50. The van der Waals surface area contributed by atoms with Crippen molar-refractivity contribution in [2.45, 2.75) is 66.6 Å². The van der Waals surface area contributed by atoms with E-state index in [1.807, 2.05) is 12.4 Å². The van der Waals surface area contributed by atoms with Crippen LogP contribution in [-0.2, 0) is 6.54 Å². The van der Waals surface area contributed by atoms with Gasteiger partial charge in [-0.05, 0) is 48.0 Å². The molecule has 0 aromatic carbocycles. The fourth-order valence-corrected chi connectivity index (χ4v) is 3.25. The number of aromatic nitrogens is 1. The van der Waals surface area contributed by atoms with Gasteiger partial charge in [0, 0.05) is 36.6 Å². The van der Waals surface area contributed by atoms with Gasteiger partial charge in [0.2, 0.25) is 0 Å². The van der Waals surface area contributed by atoms with Gasteiger partial charge in [-0.2, -0.15) is 0 Å². The molecule has 140 valence electrons. The molecule has 0 unspecified atom stereocenters. The summed E-state index contributed by atoms with van der Waals surface area (Å²) in [4.78, 5) is 12.7. The third-order valence-corrected chi connectivity index (χ3v) is 4.70. The van der Waals surface area contributed by atoms with Crippen molar-refractivity contribution in [3.05, 3.63) is 16.1 Å². The largest absolute Gasteiger partial charge is 0.357 e. The topological polar surface area (TPSA) is 52.6 Å². The van der Waals surface area contributed by atoms with Crippen molar-refractivity contribution in [1.82, 2.24) is 20.5 Å². The molecule has 1 heterocycles. The molecule has 7 heteroatoms. The van der Waals surface area contributed by atoms with E-state index in [4.69, 9.17) is 0 Å². The molecular formula is C17H34IN5S. The third-order valence-electron chi connectivity index (χ3n) is 3.78. The highest BCUT2D eigenvalue weighted by Crippen LogP contribution is 2.12. The van der Waals surface area contributed by atoms with E-state index < -0.39 is 0 Å². The quantitative estimate of drug-likeness (QED) is 0.252. The van der Waals surface area contributed by atoms with Gasteiger partial charge in [-0.25, -0.2) is 9.98 Å². The molecule has 0 aliphatic rings. The maximum absolute atomic E-state index is 4.65. The van der Waals surface area contributed by atoms with Crippen LogP contribution in [0.15, 0.2) is 10.5 Å². The van der Waals surface area contributed by atoms with Crippen LogP contribution in [0, 0.1) is 6.92 Å². The molecule has 1 aromatic heterocycles. The first-order valence-electron chi connectivity index (χ1n) is 8.62. The van der Waals surface area contributed by atoms with Gasteiger partial charge in [0.15, 0.2) is 5.96 Å². The van der Waals surface area contributed by atoms with Crippen LogP contribution in [0.3, 0.4) is 0 Å². The highest BCUT2D eigenvalue weighted by atomic mass is 127. The Morgan fingerprint density at radius 3 is 2.42 bits per heavy atom. The first kappa shape index (κ1) is 23.6. The lowest BCUT2D eigenvalue weighted by atomic mass is 10.2. The van der Waals surface area contributed by atoms with E-state index in [1.54, 1.807) is 11.3 Å². The highest BCUT2D eigenvalue weighted by molar-refractivity contribution is 14.0. The van der Waals surface area contributed by atoms with Gasteiger partial charge in [0.05, 0.1) is 17.7 Å². The van der Waals surface area contributed by atoms with Crippen LogP contribution in [-0.4, -0.2) is 47.6 Å². The summed E-state index contributed by atoms with van der Waals surface area (Å²) < 4.78 is 0. The zero-order chi connectivity index (χ0) is 17.2. The van der Waals surface area contributed by atoms with E-state index in [9.17, 15) is 0 Å². The van der Waals surface area contributed by atoms with E-state index in [2.05, 4.69) is 60.1 Å². The van der Waals surface area contributed by atoms with Crippen molar-refractivity contribution < 1.29 is 0 Å². The number of rotatable bonds is 9. The standard InChI is InChI=1S/C17H33N5S.HI/c1-7-18-17(20-11-16-15(6)21-12-23-16)19-9-8-10-22(13(2)3)14(4)5;/h12-14H,7-11H2,1-6H3,(H2,18,19,20);1H. The average Bonchev–Trinajstić information content (AvgIpc) is 2.88. The molecule has 0 spiro atoms. The summed E-state index contributed by atoms with van der Waals surface area (Å²) in [6.07, 6.45) is 1.11. The Labute approximate surface area is 168 Å². The lowest BCUT2D eigenvalue weighted by Crippen LogP contribution is -2.41. The molecule has 0 saturated carbocycles. The molecule has 1 rings (SSSR count). The number of halogens is 1. The predicted molar refractivity (Wildman–Crippen MR) is 117 cm³/mol. The number of nitrogens with one attached hydrogen (secondary N) is 2. The molecule has 0 radical (unpaired) electrons. The fraction of sp³-hybridized carbons (Fsp3) is 0.765. The summed E-state index contributed by atoms with van der Waals surface area (Å²) in [5.74, 6) is 0.890. The molecule has 0 fully saturated rings. The van der Waals surface area contributed by atoms with Crippen LogP contribution in [0.25, 0.3) is 0 Å². The molecular weight excluding hydrogens is 433 g/mol. The van der Waals surface area contributed by atoms with Crippen molar-refractivity contribution in [2.75, 3.05) is 19.6 Å². The Morgan fingerprint density at radius 1 is 1.25 bits per heavy atom. The Hall–Kier alpha value is -0.410. The molecule has 0 bridgehead atoms. The Balaban J connectivity index is 0.00000529. The molecule has 2 N–H and O–H groups in total. The first-order chi connectivity index (χ1) is 11.0. The molecule has 0 aliphatic heterocycles. The summed E-state index contributed by atoms with van der Waals surface area (Å²) in [7, 11) is 0. The van der Waals surface area contributed by atoms with Crippen LogP contribution in [0.1, 0.15) is 51.6 Å². The minimum absolute atomic E-state index is 0. The second-order valence-electron chi connectivity index (χ2n) is 6.26. The van der Waals surface area contributed by atoms with Crippen LogP contribution >= 0.6 is 35.3 Å². The molecule has 1 aromatic rings. The van der Waals surface area contributed by atoms with E-state index in [1.165, 1.54) is 4.88 Å². The van der Waals surface area contributed by atoms with Crippen LogP contribution in [0.4, 0.5) is 0 Å². The number of aliphatic imine (C=N–C) groups is 1. The van der Waals surface area contributed by atoms with Gasteiger partial charge < -0.3 is 10.6 Å². The van der Waals surface area contributed by atoms with Crippen molar-refractivity contribution >= 4 is 41.3 Å².